The fraction of sp³-hybridized carbons (Fsp3) is 0.118. The van der Waals surface area contributed by atoms with Gasteiger partial charge in [0.1, 0.15) is 11.9 Å². The van der Waals surface area contributed by atoms with E-state index in [-0.39, 0.29) is 5.91 Å². The fourth-order valence-electron chi connectivity index (χ4n) is 2.68. The van der Waals surface area contributed by atoms with E-state index >= 15 is 0 Å². The Labute approximate surface area is 143 Å². The van der Waals surface area contributed by atoms with Crippen molar-refractivity contribution in [3.63, 3.8) is 0 Å². The Kier molecular flexibility index (Phi) is 3.66. The van der Waals surface area contributed by atoms with Crippen LogP contribution in [0.3, 0.4) is 0 Å². The van der Waals surface area contributed by atoms with E-state index in [0.29, 0.717) is 28.5 Å². The van der Waals surface area contributed by atoms with Crippen molar-refractivity contribution >= 4 is 23.2 Å². The van der Waals surface area contributed by atoms with Gasteiger partial charge in [0.25, 0.3) is 5.91 Å². The van der Waals surface area contributed by atoms with Crippen molar-refractivity contribution in [2.24, 2.45) is 0 Å². The lowest BCUT2D eigenvalue weighted by atomic mass is 10.1. The van der Waals surface area contributed by atoms with Crippen LogP contribution in [-0.4, -0.2) is 20.9 Å². The minimum absolute atomic E-state index is 0.164. The average Bonchev–Trinajstić information content (AvgIpc) is 3.04. The number of nitrogens with one attached hydrogen (secondary N) is 2. The van der Waals surface area contributed by atoms with Gasteiger partial charge in [-0.15, -0.1) is 5.10 Å². The number of carbonyl (C=O) groups is 1. The number of carbonyl (C=O) groups excluding carboxylic acids is 1. The summed E-state index contributed by atoms with van der Waals surface area (Å²) in [6.45, 7) is 0.622. The van der Waals surface area contributed by atoms with E-state index in [2.05, 4.69) is 20.9 Å². The zero-order valence-electron chi connectivity index (χ0n) is 12.6. The average molecular weight is 340 g/mol. The lowest BCUT2D eigenvalue weighted by Gasteiger charge is -2.26. The summed E-state index contributed by atoms with van der Waals surface area (Å²) in [5.41, 5.74) is 3.03. The predicted molar refractivity (Wildman–Crippen MR) is 90.8 cm³/mol. The van der Waals surface area contributed by atoms with Gasteiger partial charge >= 0.3 is 0 Å². The van der Waals surface area contributed by atoms with Crippen LogP contribution in [0.5, 0.6) is 0 Å². The minimum Gasteiger partial charge on any atom is -0.359 e. The van der Waals surface area contributed by atoms with Crippen molar-refractivity contribution in [3.8, 4) is 0 Å². The fourth-order valence-corrected chi connectivity index (χ4v) is 2.85. The standard InChI is InChI=1S/C17H14ClN5O/c18-12-6-7-13-14(8-12)19-16(20-17(13)24)15-10-23(22-21-15)9-11-4-2-1-3-5-11/h1-8,10,16,19H,9H2,(H,20,24). The molecule has 0 fully saturated rings. The third-order valence-electron chi connectivity index (χ3n) is 3.84. The molecule has 4 rings (SSSR count). The molecule has 0 spiro atoms. The number of fused-ring (bicyclic) bond motifs is 1. The minimum atomic E-state index is -0.437. The molecule has 120 valence electrons. The molecule has 1 aromatic heterocycles. The van der Waals surface area contributed by atoms with Gasteiger partial charge in [0.2, 0.25) is 0 Å². The Morgan fingerprint density at radius 3 is 2.79 bits per heavy atom. The lowest BCUT2D eigenvalue weighted by molar-refractivity contribution is 0.0935. The van der Waals surface area contributed by atoms with Gasteiger partial charge in [-0.25, -0.2) is 4.68 Å². The number of rotatable bonds is 3. The molecule has 3 aromatic rings. The van der Waals surface area contributed by atoms with E-state index in [1.54, 1.807) is 22.9 Å². The highest BCUT2D eigenvalue weighted by Gasteiger charge is 2.26. The largest absolute Gasteiger partial charge is 0.359 e. The highest BCUT2D eigenvalue weighted by atomic mass is 35.5. The van der Waals surface area contributed by atoms with E-state index < -0.39 is 6.17 Å². The second kappa shape index (κ2) is 5.98. The quantitative estimate of drug-likeness (QED) is 0.769. The van der Waals surface area contributed by atoms with Crippen LogP contribution < -0.4 is 10.6 Å². The Morgan fingerprint density at radius 2 is 1.96 bits per heavy atom. The van der Waals surface area contributed by atoms with E-state index in [9.17, 15) is 4.79 Å². The van der Waals surface area contributed by atoms with Crippen LogP contribution in [0.4, 0.5) is 5.69 Å². The second-order valence-electron chi connectivity index (χ2n) is 5.57. The van der Waals surface area contributed by atoms with Gasteiger partial charge in [-0.1, -0.05) is 47.1 Å². The van der Waals surface area contributed by atoms with Crippen molar-refractivity contribution in [2.45, 2.75) is 12.7 Å². The third-order valence-corrected chi connectivity index (χ3v) is 4.08. The van der Waals surface area contributed by atoms with Crippen molar-refractivity contribution in [3.05, 3.63) is 76.6 Å². The SMILES string of the molecule is O=C1NC(c2cn(Cc3ccccc3)nn2)Nc2cc(Cl)ccc21. The summed E-state index contributed by atoms with van der Waals surface area (Å²) in [6.07, 6.45) is 1.38. The number of anilines is 1. The molecule has 0 aliphatic carbocycles. The second-order valence-corrected chi connectivity index (χ2v) is 6.00. The molecular formula is C17H14ClN5O. The zero-order chi connectivity index (χ0) is 16.5. The number of hydrogen-bond acceptors (Lipinski definition) is 4. The van der Waals surface area contributed by atoms with Crippen molar-refractivity contribution in [1.29, 1.82) is 0 Å². The van der Waals surface area contributed by atoms with Gasteiger partial charge in [0.05, 0.1) is 24.0 Å². The number of halogens is 1. The molecule has 1 atom stereocenters. The molecule has 6 nitrogen and oxygen atoms in total. The highest BCUT2D eigenvalue weighted by Crippen LogP contribution is 2.28. The molecule has 1 aliphatic rings. The normalized spacial score (nSPS) is 16.2. The molecular weight excluding hydrogens is 326 g/mol. The first-order chi connectivity index (χ1) is 11.7. The van der Waals surface area contributed by atoms with E-state index in [1.807, 2.05) is 36.5 Å². The van der Waals surface area contributed by atoms with Crippen LogP contribution in [0, 0.1) is 0 Å². The molecule has 0 bridgehead atoms. The summed E-state index contributed by atoms with van der Waals surface area (Å²) < 4.78 is 1.74. The van der Waals surface area contributed by atoms with Crippen molar-refractivity contribution in [1.82, 2.24) is 20.3 Å². The molecule has 1 aliphatic heterocycles. The zero-order valence-corrected chi connectivity index (χ0v) is 13.4. The molecule has 2 aromatic carbocycles. The van der Waals surface area contributed by atoms with Gasteiger partial charge in [0, 0.05) is 5.02 Å². The van der Waals surface area contributed by atoms with Gasteiger partial charge < -0.3 is 10.6 Å². The first-order valence-electron chi connectivity index (χ1n) is 7.50. The first kappa shape index (κ1) is 14.7. The monoisotopic (exact) mass is 339 g/mol. The van der Waals surface area contributed by atoms with E-state index in [4.69, 9.17) is 11.6 Å². The Morgan fingerprint density at radius 1 is 1.12 bits per heavy atom. The molecule has 7 heteroatoms. The summed E-state index contributed by atoms with van der Waals surface area (Å²) >= 11 is 6.01. The van der Waals surface area contributed by atoms with Crippen LogP contribution >= 0.6 is 11.6 Å². The van der Waals surface area contributed by atoms with E-state index in [0.717, 1.165) is 5.56 Å². The smallest absolute Gasteiger partial charge is 0.255 e. The van der Waals surface area contributed by atoms with Crippen LogP contribution in [0.15, 0.2) is 54.7 Å². The Balaban J connectivity index is 1.56. The molecule has 1 unspecified atom stereocenters. The van der Waals surface area contributed by atoms with Crippen LogP contribution in [0.2, 0.25) is 5.02 Å². The summed E-state index contributed by atoms with van der Waals surface area (Å²) in [4.78, 5) is 12.2. The van der Waals surface area contributed by atoms with Crippen LogP contribution in [-0.2, 0) is 6.54 Å². The maximum Gasteiger partial charge on any atom is 0.255 e. The maximum atomic E-state index is 12.2. The van der Waals surface area contributed by atoms with Gasteiger partial charge in [-0.2, -0.15) is 0 Å². The Hall–Kier alpha value is -2.86. The number of hydrogen-bond donors (Lipinski definition) is 2. The summed E-state index contributed by atoms with van der Waals surface area (Å²) in [5.74, 6) is -0.164. The summed E-state index contributed by atoms with van der Waals surface area (Å²) in [7, 11) is 0. The lowest BCUT2D eigenvalue weighted by Crippen LogP contribution is -2.38. The van der Waals surface area contributed by atoms with Crippen LogP contribution in [0.1, 0.15) is 27.8 Å². The van der Waals surface area contributed by atoms with Crippen molar-refractivity contribution in [2.75, 3.05) is 5.32 Å². The number of nitrogens with zero attached hydrogens (tertiary/aromatic N) is 3. The van der Waals surface area contributed by atoms with Gasteiger partial charge in [-0.05, 0) is 23.8 Å². The number of amides is 1. The number of benzene rings is 2. The Bertz CT molecular complexity index is 893. The molecule has 0 radical (unpaired) electrons. The van der Waals surface area contributed by atoms with Crippen LogP contribution in [0.25, 0.3) is 0 Å². The topological polar surface area (TPSA) is 71.8 Å². The molecule has 0 saturated carbocycles. The number of aromatic nitrogens is 3. The van der Waals surface area contributed by atoms with Gasteiger partial charge in [0.15, 0.2) is 0 Å². The predicted octanol–water partition coefficient (Wildman–Crippen LogP) is 2.83. The molecule has 1 amide bonds. The third kappa shape index (κ3) is 2.83. The first-order valence-corrected chi connectivity index (χ1v) is 7.88. The molecule has 24 heavy (non-hydrogen) atoms. The van der Waals surface area contributed by atoms with Gasteiger partial charge in [-0.3, -0.25) is 4.79 Å². The maximum absolute atomic E-state index is 12.2. The van der Waals surface area contributed by atoms with Crippen molar-refractivity contribution < 1.29 is 4.79 Å². The van der Waals surface area contributed by atoms with E-state index in [1.165, 1.54) is 0 Å². The molecule has 0 saturated heterocycles. The molecule has 2 heterocycles. The highest BCUT2D eigenvalue weighted by molar-refractivity contribution is 6.31. The molecule has 2 N–H and O–H groups in total. The summed E-state index contributed by atoms with van der Waals surface area (Å²) in [6, 6.07) is 15.1. The summed E-state index contributed by atoms with van der Waals surface area (Å²) in [5, 5.41) is 15.0.